The molecule has 108 valence electrons. The minimum Gasteiger partial charge on any atom is -0.464 e. The van der Waals surface area contributed by atoms with Gasteiger partial charge in [-0.2, -0.15) is 0 Å². The summed E-state index contributed by atoms with van der Waals surface area (Å²) in [7, 11) is 3.55. The molecule has 4 nitrogen and oxygen atoms in total. The molecule has 0 unspecified atom stereocenters. The number of carbonyl (C=O) groups is 1. The van der Waals surface area contributed by atoms with Crippen LogP contribution in [0.1, 0.15) is 10.4 Å². The third-order valence-electron chi connectivity index (χ3n) is 3.56. The van der Waals surface area contributed by atoms with Gasteiger partial charge in [0.1, 0.15) is 0 Å². The second kappa shape index (κ2) is 5.50. The first-order valence-corrected chi connectivity index (χ1v) is 7.25. The van der Waals surface area contributed by atoms with Crippen LogP contribution in [0.2, 0.25) is 0 Å². The first-order valence-electron chi connectivity index (χ1n) is 6.45. The van der Waals surface area contributed by atoms with Crippen molar-refractivity contribution < 1.29 is 14.3 Å². The fraction of sp³-hybridized carbons (Fsp3) is 0.188. The molecule has 1 aromatic heterocycles. The second-order valence-electron chi connectivity index (χ2n) is 4.75. The Morgan fingerprint density at radius 2 is 2.05 bits per heavy atom. The van der Waals surface area contributed by atoms with Crippen molar-refractivity contribution in [1.82, 2.24) is 4.57 Å². The zero-order valence-electron chi connectivity index (χ0n) is 11.7. The van der Waals surface area contributed by atoms with Crippen molar-refractivity contribution in [2.45, 2.75) is 0 Å². The van der Waals surface area contributed by atoms with E-state index in [0.717, 1.165) is 28.1 Å². The number of fused-ring (bicyclic) bond motifs is 3. The Bertz CT molecular complexity index is 839. The maximum absolute atomic E-state index is 11.3. The SMILES string of the molecule is COCOc1c(Br)c(C=O)cc2c3ccccc3n(C)c12. The molecule has 2 aromatic carbocycles. The quantitative estimate of drug-likeness (QED) is 0.531. The molecule has 0 amide bonds. The van der Waals surface area contributed by atoms with E-state index in [-0.39, 0.29) is 6.79 Å². The van der Waals surface area contributed by atoms with E-state index in [2.05, 4.69) is 20.5 Å². The van der Waals surface area contributed by atoms with Gasteiger partial charge in [-0.3, -0.25) is 4.79 Å². The van der Waals surface area contributed by atoms with Crippen LogP contribution in [0, 0.1) is 0 Å². The van der Waals surface area contributed by atoms with Crippen LogP contribution < -0.4 is 4.74 Å². The number of nitrogens with zero attached hydrogens (tertiary/aromatic N) is 1. The highest BCUT2D eigenvalue weighted by atomic mass is 79.9. The fourth-order valence-electron chi connectivity index (χ4n) is 2.63. The zero-order chi connectivity index (χ0) is 15.0. The van der Waals surface area contributed by atoms with Crippen LogP contribution in [0.5, 0.6) is 5.75 Å². The van der Waals surface area contributed by atoms with Crippen molar-refractivity contribution in [3.63, 3.8) is 0 Å². The van der Waals surface area contributed by atoms with E-state index in [0.29, 0.717) is 15.8 Å². The van der Waals surface area contributed by atoms with Crippen molar-refractivity contribution in [1.29, 1.82) is 0 Å². The van der Waals surface area contributed by atoms with E-state index in [9.17, 15) is 4.79 Å². The van der Waals surface area contributed by atoms with Crippen molar-refractivity contribution in [2.75, 3.05) is 13.9 Å². The smallest absolute Gasteiger partial charge is 0.188 e. The number of ether oxygens (including phenoxy) is 2. The third-order valence-corrected chi connectivity index (χ3v) is 4.38. The fourth-order valence-corrected chi connectivity index (χ4v) is 3.14. The average Bonchev–Trinajstić information content (AvgIpc) is 2.79. The largest absolute Gasteiger partial charge is 0.464 e. The Kier molecular flexibility index (Phi) is 3.69. The van der Waals surface area contributed by atoms with Gasteiger partial charge in [-0.25, -0.2) is 0 Å². The summed E-state index contributed by atoms with van der Waals surface area (Å²) >= 11 is 3.46. The summed E-state index contributed by atoms with van der Waals surface area (Å²) in [5, 5.41) is 2.08. The van der Waals surface area contributed by atoms with E-state index in [1.807, 2.05) is 37.4 Å². The molecule has 0 fully saturated rings. The van der Waals surface area contributed by atoms with Gasteiger partial charge in [0.05, 0.1) is 9.99 Å². The Morgan fingerprint density at radius 3 is 2.76 bits per heavy atom. The summed E-state index contributed by atoms with van der Waals surface area (Å²) in [6.45, 7) is 0.123. The first-order chi connectivity index (χ1) is 10.2. The molecule has 0 aliphatic rings. The molecule has 1 heterocycles. The number of methoxy groups -OCH3 is 1. The lowest BCUT2D eigenvalue weighted by molar-refractivity contribution is 0.0514. The van der Waals surface area contributed by atoms with Crippen LogP contribution in [0.3, 0.4) is 0 Å². The number of hydrogen-bond acceptors (Lipinski definition) is 3. The number of para-hydroxylation sites is 1. The number of aldehydes is 1. The van der Waals surface area contributed by atoms with Crippen LogP contribution >= 0.6 is 15.9 Å². The summed E-state index contributed by atoms with van der Waals surface area (Å²) in [5.74, 6) is 0.621. The standard InChI is InChI=1S/C16H14BrNO3/c1-18-13-6-4-3-5-11(13)12-7-10(8-19)14(17)16(15(12)18)21-9-20-2/h3-8H,9H2,1-2H3. The monoisotopic (exact) mass is 347 g/mol. The molecule has 0 saturated carbocycles. The number of aryl methyl sites for hydroxylation is 1. The number of aromatic nitrogens is 1. The minimum atomic E-state index is 0.123. The first kappa shape index (κ1) is 14.1. The molecule has 0 N–H and O–H groups in total. The van der Waals surface area contributed by atoms with Crippen LogP contribution in [-0.2, 0) is 11.8 Å². The predicted molar refractivity (Wildman–Crippen MR) is 86.0 cm³/mol. The van der Waals surface area contributed by atoms with E-state index < -0.39 is 0 Å². The third kappa shape index (κ3) is 2.13. The normalized spacial score (nSPS) is 11.2. The molecule has 0 saturated heterocycles. The van der Waals surface area contributed by atoms with E-state index >= 15 is 0 Å². The van der Waals surface area contributed by atoms with Gasteiger partial charge >= 0.3 is 0 Å². The highest BCUT2D eigenvalue weighted by Gasteiger charge is 2.18. The topological polar surface area (TPSA) is 40.5 Å². The molecule has 0 atom stereocenters. The van der Waals surface area contributed by atoms with Crippen molar-refractivity contribution in [3.8, 4) is 5.75 Å². The Hall–Kier alpha value is -1.85. The van der Waals surface area contributed by atoms with E-state index in [1.54, 1.807) is 7.11 Å². The molecule has 0 aliphatic heterocycles. The van der Waals surface area contributed by atoms with E-state index in [1.165, 1.54) is 0 Å². The van der Waals surface area contributed by atoms with Crippen LogP contribution in [-0.4, -0.2) is 24.8 Å². The molecule has 0 spiro atoms. The van der Waals surface area contributed by atoms with Gasteiger partial charge in [0.25, 0.3) is 0 Å². The summed E-state index contributed by atoms with van der Waals surface area (Å²) < 4.78 is 13.4. The minimum absolute atomic E-state index is 0.123. The zero-order valence-corrected chi connectivity index (χ0v) is 13.3. The van der Waals surface area contributed by atoms with Crippen LogP contribution in [0.15, 0.2) is 34.8 Å². The van der Waals surface area contributed by atoms with Crippen molar-refractivity contribution in [3.05, 3.63) is 40.4 Å². The number of carbonyl (C=O) groups excluding carboxylic acids is 1. The van der Waals surface area contributed by atoms with Crippen LogP contribution in [0.25, 0.3) is 21.8 Å². The Labute approximate surface area is 130 Å². The molecular weight excluding hydrogens is 334 g/mol. The molecule has 0 bridgehead atoms. The number of halogens is 1. The maximum Gasteiger partial charge on any atom is 0.188 e. The molecule has 3 rings (SSSR count). The lowest BCUT2D eigenvalue weighted by Gasteiger charge is -2.12. The van der Waals surface area contributed by atoms with Gasteiger partial charge in [0, 0.05) is 36.0 Å². The van der Waals surface area contributed by atoms with Gasteiger partial charge in [0.15, 0.2) is 18.8 Å². The molecule has 0 radical (unpaired) electrons. The average molecular weight is 348 g/mol. The molecule has 21 heavy (non-hydrogen) atoms. The number of hydrogen-bond donors (Lipinski definition) is 0. The molecule has 5 heteroatoms. The van der Waals surface area contributed by atoms with Crippen molar-refractivity contribution in [2.24, 2.45) is 7.05 Å². The summed E-state index contributed by atoms with van der Waals surface area (Å²) in [4.78, 5) is 11.3. The van der Waals surface area contributed by atoms with Crippen LogP contribution in [0.4, 0.5) is 0 Å². The highest BCUT2D eigenvalue weighted by Crippen LogP contribution is 2.40. The highest BCUT2D eigenvalue weighted by molar-refractivity contribution is 9.10. The van der Waals surface area contributed by atoms with Gasteiger partial charge < -0.3 is 14.0 Å². The number of rotatable bonds is 4. The Balaban J connectivity index is 2.45. The number of benzene rings is 2. The van der Waals surface area contributed by atoms with Gasteiger partial charge in [-0.15, -0.1) is 0 Å². The molecule has 3 aromatic rings. The second-order valence-corrected chi connectivity index (χ2v) is 5.54. The van der Waals surface area contributed by atoms with Gasteiger partial charge in [0.2, 0.25) is 0 Å². The molecular formula is C16H14BrNO3. The maximum atomic E-state index is 11.3. The van der Waals surface area contributed by atoms with Gasteiger partial charge in [-0.05, 0) is 28.1 Å². The summed E-state index contributed by atoms with van der Waals surface area (Å²) in [6, 6.07) is 9.95. The summed E-state index contributed by atoms with van der Waals surface area (Å²) in [5.41, 5.74) is 2.58. The molecule has 0 aliphatic carbocycles. The predicted octanol–water partition coefficient (Wildman–Crippen LogP) is 3.89. The van der Waals surface area contributed by atoms with E-state index in [4.69, 9.17) is 9.47 Å². The van der Waals surface area contributed by atoms with Crippen molar-refractivity contribution >= 4 is 44.0 Å². The lowest BCUT2D eigenvalue weighted by atomic mass is 10.1. The van der Waals surface area contributed by atoms with Gasteiger partial charge in [-0.1, -0.05) is 18.2 Å². The lowest BCUT2D eigenvalue weighted by Crippen LogP contribution is -2.03. The summed E-state index contributed by atoms with van der Waals surface area (Å²) in [6.07, 6.45) is 0.824. The Morgan fingerprint density at radius 1 is 1.29 bits per heavy atom.